The summed E-state index contributed by atoms with van der Waals surface area (Å²) in [4.78, 5) is 10.5. The molecule has 56 valence electrons. The lowest BCUT2D eigenvalue weighted by Gasteiger charge is -2.11. The van der Waals surface area contributed by atoms with Gasteiger partial charge < -0.3 is 9.84 Å². The zero-order chi connectivity index (χ0) is 7.56. The van der Waals surface area contributed by atoms with Crippen molar-refractivity contribution in [2.75, 3.05) is 0 Å². The van der Waals surface area contributed by atoms with Gasteiger partial charge in [-0.15, -0.1) is 6.58 Å². The average molecular weight is 142 g/mol. The lowest BCUT2D eigenvalue weighted by Crippen LogP contribution is -2.22. The quantitative estimate of drug-likeness (QED) is 0.443. The predicted octanol–water partition coefficient (Wildman–Crippen LogP) is 0.239. The summed E-state index contributed by atoms with van der Waals surface area (Å²) in [5.74, 6) is -0.231. The van der Waals surface area contributed by atoms with Gasteiger partial charge in [0, 0.05) is 6.42 Å². The Morgan fingerprint density at radius 2 is 2.60 bits per heavy atom. The fourth-order valence-electron chi connectivity index (χ4n) is 0.939. The summed E-state index contributed by atoms with van der Waals surface area (Å²) >= 11 is 0. The van der Waals surface area contributed by atoms with Crippen LogP contribution in [-0.2, 0) is 9.53 Å². The molecular formula is C7H10O3. The number of ether oxygens (including phenoxy) is 1. The van der Waals surface area contributed by atoms with Crippen molar-refractivity contribution in [2.45, 2.75) is 25.0 Å². The van der Waals surface area contributed by atoms with Gasteiger partial charge in [-0.2, -0.15) is 0 Å². The molecule has 2 atom stereocenters. The smallest absolute Gasteiger partial charge is 0.306 e. The van der Waals surface area contributed by atoms with Crippen molar-refractivity contribution in [1.29, 1.82) is 0 Å². The molecule has 3 nitrogen and oxygen atoms in total. The van der Waals surface area contributed by atoms with Crippen LogP contribution in [0.25, 0.3) is 0 Å². The third-order valence-electron chi connectivity index (χ3n) is 1.54. The average Bonchev–Trinajstić information content (AvgIpc) is 2.34. The van der Waals surface area contributed by atoms with Gasteiger partial charge in [-0.05, 0) is 6.42 Å². The van der Waals surface area contributed by atoms with Crippen LogP contribution in [-0.4, -0.2) is 23.3 Å². The van der Waals surface area contributed by atoms with E-state index in [4.69, 9.17) is 9.84 Å². The van der Waals surface area contributed by atoms with Gasteiger partial charge in [-0.25, -0.2) is 0 Å². The van der Waals surface area contributed by atoms with Gasteiger partial charge in [-0.1, -0.05) is 6.08 Å². The van der Waals surface area contributed by atoms with Crippen LogP contribution in [0.3, 0.4) is 0 Å². The molecule has 1 saturated heterocycles. The van der Waals surface area contributed by atoms with E-state index in [1.807, 2.05) is 0 Å². The van der Waals surface area contributed by atoms with Gasteiger partial charge in [0.25, 0.3) is 0 Å². The van der Waals surface area contributed by atoms with E-state index in [9.17, 15) is 4.79 Å². The Bertz CT molecular complexity index is 153. The maximum Gasteiger partial charge on any atom is 0.306 e. The Morgan fingerprint density at radius 1 is 1.90 bits per heavy atom. The first-order valence-corrected chi connectivity index (χ1v) is 3.24. The molecule has 1 fully saturated rings. The Hall–Kier alpha value is -0.830. The molecule has 0 radical (unpaired) electrons. The van der Waals surface area contributed by atoms with Crippen LogP contribution in [0, 0.1) is 0 Å². The SMILES string of the molecule is C=C[C@H](O)[C@@H]1CCC(=O)O1. The van der Waals surface area contributed by atoms with Gasteiger partial charge >= 0.3 is 5.97 Å². The number of hydrogen-bond donors (Lipinski definition) is 1. The third-order valence-corrected chi connectivity index (χ3v) is 1.54. The van der Waals surface area contributed by atoms with Crippen molar-refractivity contribution in [1.82, 2.24) is 0 Å². The molecule has 0 aromatic rings. The Morgan fingerprint density at radius 3 is 3.00 bits per heavy atom. The van der Waals surface area contributed by atoms with Crippen molar-refractivity contribution in [3.05, 3.63) is 12.7 Å². The predicted molar refractivity (Wildman–Crippen MR) is 35.3 cm³/mol. The number of rotatable bonds is 2. The number of aliphatic hydroxyl groups excluding tert-OH is 1. The summed E-state index contributed by atoms with van der Waals surface area (Å²) in [5.41, 5.74) is 0. The topological polar surface area (TPSA) is 46.5 Å². The molecule has 0 aromatic carbocycles. The van der Waals surface area contributed by atoms with Crippen LogP contribution in [0.5, 0.6) is 0 Å². The molecule has 1 heterocycles. The monoisotopic (exact) mass is 142 g/mol. The largest absolute Gasteiger partial charge is 0.459 e. The normalized spacial score (nSPS) is 27.7. The first-order valence-electron chi connectivity index (χ1n) is 3.24. The fourth-order valence-corrected chi connectivity index (χ4v) is 0.939. The van der Waals surface area contributed by atoms with E-state index < -0.39 is 6.10 Å². The van der Waals surface area contributed by atoms with E-state index in [1.54, 1.807) is 0 Å². The molecule has 1 aliphatic heterocycles. The number of carbonyl (C=O) groups is 1. The molecule has 0 amide bonds. The Balaban J connectivity index is 2.43. The fraction of sp³-hybridized carbons (Fsp3) is 0.571. The number of cyclic esters (lactones) is 1. The minimum Gasteiger partial charge on any atom is -0.459 e. The molecule has 10 heavy (non-hydrogen) atoms. The molecule has 0 aliphatic carbocycles. The molecular weight excluding hydrogens is 132 g/mol. The molecule has 0 unspecified atom stereocenters. The van der Waals surface area contributed by atoms with E-state index in [1.165, 1.54) is 6.08 Å². The van der Waals surface area contributed by atoms with Crippen molar-refractivity contribution < 1.29 is 14.6 Å². The zero-order valence-corrected chi connectivity index (χ0v) is 5.62. The van der Waals surface area contributed by atoms with Crippen LogP contribution in [0.2, 0.25) is 0 Å². The Kier molecular flexibility index (Phi) is 2.06. The highest BCUT2D eigenvalue weighted by atomic mass is 16.6. The second-order valence-electron chi connectivity index (χ2n) is 2.29. The molecule has 0 aromatic heterocycles. The molecule has 1 aliphatic rings. The minimum absolute atomic E-state index is 0.231. The van der Waals surface area contributed by atoms with Crippen LogP contribution in [0.4, 0.5) is 0 Å². The standard InChI is InChI=1S/C7H10O3/c1-2-5(8)6-3-4-7(9)10-6/h2,5-6,8H,1,3-4H2/t5-,6-/m0/s1. The molecule has 1 N–H and O–H groups in total. The van der Waals surface area contributed by atoms with Crippen LogP contribution < -0.4 is 0 Å². The van der Waals surface area contributed by atoms with E-state index in [0.29, 0.717) is 12.8 Å². The van der Waals surface area contributed by atoms with E-state index >= 15 is 0 Å². The second-order valence-corrected chi connectivity index (χ2v) is 2.29. The first kappa shape index (κ1) is 7.28. The summed E-state index contributed by atoms with van der Waals surface area (Å²) in [6, 6.07) is 0. The van der Waals surface area contributed by atoms with E-state index in [2.05, 4.69) is 6.58 Å². The van der Waals surface area contributed by atoms with Crippen molar-refractivity contribution in [3.63, 3.8) is 0 Å². The summed E-state index contributed by atoms with van der Waals surface area (Å²) in [7, 11) is 0. The highest BCUT2D eigenvalue weighted by Gasteiger charge is 2.27. The maximum atomic E-state index is 10.5. The third kappa shape index (κ3) is 1.36. The molecule has 3 heteroatoms. The lowest BCUT2D eigenvalue weighted by atomic mass is 10.1. The van der Waals surface area contributed by atoms with Gasteiger partial charge in [-0.3, -0.25) is 4.79 Å². The van der Waals surface area contributed by atoms with Crippen molar-refractivity contribution >= 4 is 5.97 Å². The molecule has 0 bridgehead atoms. The highest BCUT2D eigenvalue weighted by Crippen LogP contribution is 2.17. The number of carbonyl (C=O) groups excluding carboxylic acids is 1. The summed E-state index contributed by atoms with van der Waals surface area (Å²) in [6.45, 7) is 3.39. The number of esters is 1. The molecule has 0 spiro atoms. The lowest BCUT2D eigenvalue weighted by molar-refractivity contribution is -0.144. The maximum absolute atomic E-state index is 10.5. The van der Waals surface area contributed by atoms with Crippen LogP contribution in [0.15, 0.2) is 12.7 Å². The highest BCUT2D eigenvalue weighted by molar-refractivity contribution is 5.71. The zero-order valence-electron chi connectivity index (χ0n) is 5.62. The van der Waals surface area contributed by atoms with Crippen molar-refractivity contribution in [2.24, 2.45) is 0 Å². The summed E-state index contributed by atoms with van der Waals surface area (Å²) in [5, 5.41) is 9.08. The van der Waals surface area contributed by atoms with Gasteiger partial charge in [0.15, 0.2) is 0 Å². The van der Waals surface area contributed by atoms with E-state index in [0.717, 1.165) is 0 Å². The van der Waals surface area contributed by atoms with Gasteiger partial charge in [0.1, 0.15) is 12.2 Å². The van der Waals surface area contributed by atoms with Crippen molar-refractivity contribution in [3.8, 4) is 0 Å². The van der Waals surface area contributed by atoms with E-state index in [-0.39, 0.29) is 12.1 Å². The molecule has 1 rings (SSSR count). The second kappa shape index (κ2) is 2.84. The Labute approximate surface area is 59.3 Å². The summed E-state index contributed by atoms with van der Waals surface area (Å²) < 4.78 is 4.75. The van der Waals surface area contributed by atoms with Crippen LogP contribution >= 0.6 is 0 Å². The molecule has 0 saturated carbocycles. The van der Waals surface area contributed by atoms with Crippen LogP contribution in [0.1, 0.15) is 12.8 Å². The number of hydrogen-bond acceptors (Lipinski definition) is 3. The number of aliphatic hydroxyl groups is 1. The first-order chi connectivity index (χ1) is 4.74. The summed E-state index contributed by atoms with van der Waals surface area (Å²) in [6.07, 6.45) is 1.33. The van der Waals surface area contributed by atoms with Gasteiger partial charge in [0.05, 0.1) is 0 Å². The van der Waals surface area contributed by atoms with Gasteiger partial charge in [0.2, 0.25) is 0 Å². The minimum atomic E-state index is -0.702.